The van der Waals surface area contributed by atoms with Crippen LogP contribution in [0.4, 0.5) is 4.39 Å². The third kappa shape index (κ3) is 4.84. The highest BCUT2D eigenvalue weighted by atomic mass is 32.2. The van der Waals surface area contributed by atoms with Crippen LogP contribution in [0.5, 0.6) is 0 Å². The van der Waals surface area contributed by atoms with Crippen LogP contribution in [-0.4, -0.2) is 29.9 Å². The van der Waals surface area contributed by atoms with E-state index in [2.05, 4.69) is 9.44 Å². The second-order valence-corrected chi connectivity index (χ2v) is 8.60. The molecule has 0 fully saturated rings. The van der Waals surface area contributed by atoms with E-state index in [1.165, 1.54) is 12.1 Å². The molecule has 6 nitrogen and oxygen atoms in total. The number of aryl methyl sites for hydroxylation is 1. The van der Waals surface area contributed by atoms with Crippen molar-refractivity contribution in [3.05, 3.63) is 59.9 Å². The van der Waals surface area contributed by atoms with Gasteiger partial charge >= 0.3 is 0 Å². The van der Waals surface area contributed by atoms with Crippen molar-refractivity contribution < 1.29 is 21.2 Å². The molecular weight excluding hydrogens is 355 g/mol. The molecule has 0 amide bonds. The van der Waals surface area contributed by atoms with E-state index in [1.54, 1.807) is 12.1 Å². The molecule has 0 aliphatic carbocycles. The molecule has 0 bridgehead atoms. The first-order chi connectivity index (χ1) is 11.2. The van der Waals surface area contributed by atoms with Crippen molar-refractivity contribution in [2.45, 2.75) is 16.7 Å². The highest BCUT2D eigenvalue weighted by Gasteiger charge is 2.15. The van der Waals surface area contributed by atoms with Gasteiger partial charge < -0.3 is 0 Å². The number of sulfonamides is 2. The molecule has 2 aromatic rings. The average Bonchev–Trinajstić information content (AvgIpc) is 2.52. The molecule has 0 saturated carbocycles. The summed E-state index contributed by atoms with van der Waals surface area (Å²) in [6.07, 6.45) is 0. The van der Waals surface area contributed by atoms with Gasteiger partial charge in [0.05, 0.1) is 9.79 Å². The van der Waals surface area contributed by atoms with Crippen LogP contribution in [0.15, 0.2) is 58.3 Å². The topological polar surface area (TPSA) is 92.3 Å². The maximum Gasteiger partial charge on any atom is 0.240 e. The molecule has 0 saturated heterocycles. The standard InChI is InChI=1S/C15H17FN2O4S2/c1-12-2-6-14(7-3-12)23(19,20)17-10-11-18-24(21,22)15-8-4-13(16)5-9-15/h2-9,17-18H,10-11H2,1H3. The minimum Gasteiger partial charge on any atom is -0.210 e. The van der Waals surface area contributed by atoms with Crippen molar-refractivity contribution in [3.63, 3.8) is 0 Å². The number of benzene rings is 2. The van der Waals surface area contributed by atoms with E-state index >= 15 is 0 Å². The van der Waals surface area contributed by atoms with Crippen molar-refractivity contribution in [1.29, 1.82) is 0 Å². The van der Waals surface area contributed by atoms with Gasteiger partial charge in [-0.1, -0.05) is 17.7 Å². The average molecular weight is 372 g/mol. The maximum atomic E-state index is 12.8. The van der Waals surface area contributed by atoms with Crippen molar-refractivity contribution >= 4 is 20.0 Å². The van der Waals surface area contributed by atoms with Crippen molar-refractivity contribution in [2.75, 3.05) is 13.1 Å². The molecule has 0 heterocycles. The quantitative estimate of drug-likeness (QED) is 0.719. The smallest absolute Gasteiger partial charge is 0.210 e. The SMILES string of the molecule is Cc1ccc(S(=O)(=O)NCCNS(=O)(=O)c2ccc(F)cc2)cc1. The number of halogens is 1. The van der Waals surface area contributed by atoms with Crippen molar-refractivity contribution in [1.82, 2.24) is 9.44 Å². The van der Waals surface area contributed by atoms with E-state index in [-0.39, 0.29) is 22.9 Å². The van der Waals surface area contributed by atoms with E-state index in [1.807, 2.05) is 6.92 Å². The van der Waals surface area contributed by atoms with Crippen LogP contribution >= 0.6 is 0 Å². The molecule has 2 rings (SSSR count). The molecule has 0 atom stereocenters. The summed E-state index contributed by atoms with van der Waals surface area (Å²) in [4.78, 5) is 0.0137. The molecule has 0 radical (unpaired) electrons. The van der Waals surface area contributed by atoms with Crippen molar-refractivity contribution in [3.8, 4) is 0 Å². The lowest BCUT2D eigenvalue weighted by Gasteiger charge is -2.09. The Hall–Kier alpha value is -1.81. The molecule has 9 heteroatoms. The molecule has 0 aliphatic heterocycles. The predicted molar refractivity (Wildman–Crippen MR) is 88.0 cm³/mol. The summed E-state index contributed by atoms with van der Waals surface area (Å²) < 4.78 is 65.4. The summed E-state index contributed by atoms with van der Waals surface area (Å²) in [5.74, 6) is -0.542. The summed E-state index contributed by atoms with van der Waals surface area (Å²) in [6, 6.07) is 10.6. The highest BCUT2D eigenvalue weighted by molar-refractivity contribution is 7.89. The van der Waals surface area contributed by atoms with Gasteiger partial charge in [-0.2, -0.15) is 0 Å². The number of rotatable bonds is 7. The largest absolute Gasteiger partial charge is 0.240 e. The van der Waals surface area contributed by atoms with E-state index in [0.29, 0.717) is 0 Å². The third-order valence-corrected chi connectivity index (χ3v) is 6.12. The molecule has 130 valence electrons. The Balaban J connectivity index is 1.92. The lowest BCUT2D eigenvalue weighted by molar-refractivity contribution is 0.570. The van der Waals surface area contributed by atoms with Gasteiger partial charge in [-0.05, 0) is 43.3 Å². The Morgan fingerprint density at radius 3 is 1.54 bits per heavy atom. The maximum absolute atomic E-state index is 12.8. The highest BCUT2D eigenvalue weighted by Crippen LogP contribution is 2.10. The summed E-state index contributed by atoms with van der Waals surface area (Å²) in [7, 11) is -7.52. The summed E-state index contributed by atoms with van der Waals surface area (Å²) >= 11 is 0. The van der Waals surface area contributed by atoms with Crippen LogP contribution in [0.1, 0.15) is 5.56 Å². The fourth-order valence-electron chi connectivity index (χ4n) is 1.87. The molecule has 0 aromatic heterocycles. The minimum atomic E-state index is -3.82. The van der Waals surface area contributed by atoms with Gasteiger partial charge in [0, 0.05) is 13.1 Å². The molecule has 0 unspecified atom stereocenters. The molecule has 0 spiro atoms. The number of hydrogen-bond donors (Lipinski definition) is 2. The third-order valence-electron chi connectivity index (χ3n) is 3.16. The molecule has 24 heavy (non-hydrogen) atoms. The van der Waals surface area contributed by atoms with Crippen LogP contribution in [0.3, 0.4) is 0 Å². The number of hydrogen-bond acceptors (Lipinski definition) is 4. The minimum absolute atomic E-state index is 0.0923. The van der Waals surface area contributed by atoms with E-state index in [9.17, 15) is 21.2 Å². The Kier molecular flexibility index (Phi) is 5.70. The lowest BCUT2D eigenvalue weighted by atomic mass is 10.2. The molecule has 0 aliphatic rings. The van der Waals surface area contributed by atoms with Gasteiger partial charge in [0.1, 0.15) is 5.82 Å². The first-order valence-electron chi connectivity index (χ1n) is 7.02. The Bertz CT molecular complexity index is 816. The van der Waals surface area contributed by atoms with Crippen LogP contribution < -0.4 is 9.44 Å². The van der Waals surface area contributed by atoms with E-state index < -0.39 is 25.9 Å². The van der Waals surface area contributed by atoms with E-state index in [4.69, 9.17) is 0 Å². The molecule has 2 aromatic carbocycles. The Labute approximate surface area is 140 Å². The number of nitrogens with one attached hydrogen (secondary N) is 2. The van der Waals surface area contributed by atoms with Gasteiger partial charge in [-0.25, -0.2) is 30.7 Å². The Morgan fingerprint density at radius 2 is 1.12 bits per heavy atom. The summed E-state index contributed by atoms with van der Waals surface area (Å²) in [6.45, 7) is 1.59. The lowest BCUT2D eigenvalue weighted by Crippen LogP contribution is -2.34. The van der Waals surface area contributed by atoms with Crippen LogP contribution in [0, 0.1) is 12.7 Å². The van der Waals surface area contributed by atoms with Gasteiger partial charge in [0.25, 0.3) is 0 Å². The first kappa shape index (κ1) is 18.5. The van der Waals surface area contributed by atoms with Gasteiger partial charge in [-0.3, -0.25) is 0 Å². The second-order valence-electron chi connectivity index (χ2n) is 5.06. The fraction of sp³-hybridized carbons (Fsp3) is 0.200. The first-order valence-corrected chi connectivity index (χ1v) is 9.99. The van der Waals surface area contributed by atoms with Crippen LogP contribution in [-0.2, 0) is 20.0 Å². The zero-order valence-electron chi connectivity index (χ0n) is 12.9. The molecular formula is C15H17FN2O4S2. The van der Waals surface area contributed by atoms with E-state index in [0.717, 1.165) is 29.8 Å². The monoisotopic (exact) mass is 372 g/mol. The normalized spacial score (nSPS) is 12.2. The molecule has 2 N–H and O–H groups in total. The van der Waals surface area contributed by atoms with Gasteiger partial charge in [0.15, 0.2) is 0 Å². The van der Waals surface area contributed by atoms with Crippen LogP contribution in [0.25, 0.3) is 0 Å². The van der Waals surface area contributed by atoms with Gasteiger partial charge in [0.2, 0.25) is 20.0 Å². The van der Waals surface area contributed by atoms with Crippen molar-refractivity contribution in [2.24, 2.45) is 0 Å². The summed E-state index contributed by atoms with van der Waals surface area (Å²) in [5.41, 5.74) is 0.931. The second kappa shape index (κ2) is 7.39. The van der Waals surface area contributed by atoms with Crippen LogP contribution in [0.2, 0.25) is 0 Å². The zero-order chi connectivity index (χ0) is 17.8. The summed E-state index contributed by atoms with van der Waals surface area (Å²) in [5, 5.41) is 0. The zero-order valence-corrected chi connectivity index (χ0v) is 14.5. The predicted octanol–water partition coefficient (Wildman–Crippen LogP) is 1.39. The Morgan fingerprint density at radius 1 is 0.750 bits per heavy atom. The van der Waals surface area contributed by atoms with Gasteiger partial charge in [-0.15, -0.1) is 0 Å². The fourth-order valence-corrected chi connectivity index (χ4v) is 3.93.